The molecule has 0 amide bonds. The van der Waals surface area contributed by atoms with Crippen LogP contribution in [-0.4, -0.2) is 19.7 Å². The van der Waals surface area contributed by atoms with Crippen LogP contribution in [0.4, 0.5) is 0 Å². The fourth-order valence-corrected chi connectivity index (χ4v) is 2.33. The first-order valence-electron chi connectivity index (χ1n) is 5.85. The van der Waals surface area contributed by atoms with Gasteiger partial charge in [-0.3, -0.25) is 0 Å². The minimum atomic E-state index is 0.708. The van der Waals surface area contributed by atoms with Crippen LogP contribution >= 0.6 is 15.9 Å². The lowest BCUT2D eigenvalue weighted by molar-refractivity contribution is 0.214. The van der Waals surface area contributed by atoms with E-state index in [-0.39, 0.29) is 0 Å². The SMILES string of the molecule is Cc1ccc(Br)cc1OCC1CCNCC1. The van der Waals surface area contributed by atoms with Crippen LogP contribution in [0.1, 0.15) is 18.4 Å². The Labute approximate surface area is 106 Å². The fraction of sp³-hybridized carbons (Fsp3) is 0.538. The summed E-state index contributed by atoms with van der Waals surface area (Å²) < 4.78 is 6.98. The van der Waals surface area contributed by atoms with Crippen LogP contribution in [0.15, 0.2) is 22.7 Å². The predicted octanol–water partition coefficient (Wildman–Crippen LogP) is 3.14. The minimum absolute atomic E-state index is 0.708. The average Bonchev–Trinajstić information content (AvgIpc) is 2.32. The monoisotopic (exact) mass is 283 g/mol. The lowest BCUT2D eigenvalue weighted by Crippen LogP contribution is -2.30. The van der Waals surface area contributed by atoms with Gasteiger partial charge in [0, 0.05) is 4.47 Å². The summed E-state index contributed by atoms with van der Waals surface area (Å²) in [5.41, 5.74) is 1.21. The Morgan fingerprint density at radius 2 is 2.12 bits per heavy atom. The second kappa shape index (κ2) is 5.69. The van der Waals surface area contributed by atoms with E-state index in [4.69, 9.17) is 4.74 Å². The normalized spacial score (nSPS) is 17.4. The molecule has 1 saturated heterocycles. The van der Waals surface area contributed by atoms with Crippen molar-refractivity contribution < 1.29 is 4.74 Å². The summed E-state index contributed by atoms with van der Waals surface area (Å²) in [6.07, 6.45) is 2.46. The summed E-state index contributed by atoms with van der Waals surface area (Å²) in [4.78, 5) is 0. The van der Waals surface area contributed by atoms with Gasteiger partial charge in [0.25, 0.3) is 0 Å². The number of hydrogen-bond donors (Lipinski definition) is 1. The van der Waals surface area contributed by atoms with E-state index < -0.39 is 0 Å². The molecule has 0 radical (unpaired) electrons. The van der Waals surface area contributed by atoms with E-state index in [1.54, 1.807) is 0 Å². The molecule has 1 aromatic rings. The van der Waals surface area contributed by atoms with Crippen molar-refractivity contribution in [2.24, 2.45) is 5.92 Å². The summed E-state index contributed by atoms with van der Waals surface area (Å²) in [6.45, 7) is 5.19. The van der Waals surface area contributed by atoms with E-state index in [9.17, 15) is 0 Å². The van der Waals surface area contributed by atoms with E-state index in [2.05, 4.69) is 40.3 Å². The number of ether oxygens (including phenoxy) is 1. The molecule has 2 rings (SSSR count). The third kappa shape index (κ3) is 3.22. The maximum atomic E-state index is 5.90. The molecule has 1 heterocycles. The average molecular weight is 284 g/mol. The topological polar surface area (TPSA) is 21.3 Å². The Morgan fingerprint density at radius 3 is 2.88 bits per heavy atom. The minimum Gasteiger partial charge on any atom is -0.493 e. The van der Waals surface area contributed by atoms with Crippen LogP contribution in [0.25, 0.3) is 0 Å². The second-order valence-corrected chi connectivity index (χ2v) is 5.33. The van der Waals surface area contributed by atoms with Crippen LogP contribution in [0.3, 0.4) is 0 Å². The molecule has 0 aromatic heterocycles. The lowest BCUT2D eigenvalue weighted by atomic mass is 9.99. The van der Waals surface area contributed by atoms with Crippen LogP contribution < -0.4 is 10.1 Å². The number of aryl methyl sites for hydroxylation is 1. The molecule has 2 nitrogen and oxygen atoms in total. The molecule has 1 aromatic carbocycles. The van der Waals surface area contributed by atoms with Crippen molar-refractivity contribution in [3.8, 4) is 5.75 Å². The molecule has 0 unspecified atom stereocenters. The fourth-order valence-electron chi connectivity index (χ4n) is 1.99. The molecule has 16 heavy (non-hydrogen) atoms. The zero-order valence-electron chi connectivity index (χ0n) is 9.63. The number of rotatable bonds is 3. The Balaban J connectivity index is 1.90. The summed E-state index contributed by atoms with van der Waals surface area (Å²) in [5.74, 6) is 1.72. The Bertz CT molecular complexity index is 348. The zero-order valence-corrected chi connectivity index (χ0v) is 11.2. The van der Waals surface area contributed by atoms with Gasteiger partial charge in [0.15, 0.2) is 0 Å². The first-order valence-corrected chi connectivity index (χ1v) is 6.64. The van der Waals surface area contributed by atoms with Crippen molar-refractivity contribution in [2.45, 2.75) is 19.8 Å². The second-order valence-electron chi connectivity index (χ2n) is 4.41. The summed E-state index contributed by atoms with van der Waals surface area (Å²) in [5, 5.41) is 3.37. The zero-order chi connectivity index (χ0) is 11.4. The highest BCUT2D eigenvalue weighted by Crippen LogP contribution is 2.24. The molecule has 0 spiro atoms. The molecule has 0 bridgehead atoms. The molecule has 0 aliphatic carbocycles. The number of piperidine rings is 1. The molecule has 1 aliphatic heterocycles. The molecule has 1 aliphatic rings. The lowest BCUT2D eigenvalue weighted by Gasteiger charge is -2.23. The van der Waals surface area contributed by atoms with Gasteiger partial charge < -0.3 is 10.1 Å². The number of halogens is 1. The van der Waals surface area contributed by atoms with Gasteiger partial charge in [0.05, 0.1) is 6.61 Å². The third-order valence-electron chi connectivity index (χ3n) is 3.08. The highest BCUT2D eigenvalue weighted by atomic mass is 79.9. The number of nitrogens with one attached hydrogen (secondary N) is 1. The Kier molecular flexibility index (Phi) is 4.24. The summed E-state index contributed by atoms with van der Waals surface area (Å²) in [6, 6.07) is 6.19. The van der Waals surface area contributed by atoms with Crippen molar-refractivity contribution in [1.82, 2.24) is 5.32 Å². The van der Waals surface area contributed by atoms with E-state index in [0.29, 0.717) is 5.92 Å². The number of hydrogen-bond acceptors (Lipinski definition) is 2. The largest absolute Gasteiger partial charge is 0.493 e. The van der Waals surface area contributed by atoms with Crippen LogP contribution in [0.5, 0.6) is 5.75 Å². The first-order chi connectivity index (χ1) is 7.75. The van der Waals surface area contributed by atoms with E-state index in [1.165, 1.54) is 18.4 Å². The van der Waals surface area contributed by atoms with Gasteiger partial charge in [0.2, 0.25) is 0 Å². The summed E-state index contributed by atoms with van der Waals surface area (Å²) in [7, 11) is 0. The third-order valence-corrected chi connectivity index (χ3v) is 3.58. The molecular weight excluding hydrogens is 266 g/mol. The molecule has 1 N–H and O–H groups in total. The standard InChI is InChI=1S/C13H18BrNO/c1-10-2-3-12(14)8-13(10)16-9-11-4-6-15-7-5-11/h2-3,8,11,15H,4-7,9H2,1H3. The van der Waals surface area contributed by atoms with Crippen molar-refractivity contribution in [3.05, 3.63) is 28.2 Å². The van der Waals surface area contributed by atoms with Gasteiger partial charge >= 0.3 is 0 Å². The van der Waals surface area contributed by atoms with Crippen LogP contribution in [0.2, 0.25) is 0 Å². The van der Waals surface area contributed by atoms with Gasteiger partial charge in [-0.2, -0.15) is 0 Å². The quantitative estimate of drug-likeness (QED) is 0.920. The molecule has 0 atom stereocenters. The van der Waals surface area contributed by atoms with Gasteiger partial charge in [-0.1, -0.05) is 22.0 Å². The van der Waals surface area contributed by atoms with Crippen molar-refractivity contribution in [3.63, 3.8) is 0 Å². The molecule has 1 fully saturated rings. The van der Waals surface area contributed by atoms with Crippen molar-refractivity contribution in [1.29, 1.82) is 0 Å². The van der Waals surface area contributed by atoms with E-state index >= 15 is 0 Å². The molecule has 3 heteroatoms. The van der Waals surface area contributed by atoms with Crippen molar-refractivity contribution >= 4 is 15.9 Å². The van der Waals surface area contributed by atoms with E-state index in [0.717, 1.165) is 29.9 Å². The maximum absolute atomic E-state index is 5.90. The van der Waals surface area contributed by atoms with E-state index in [1.807, 2.05) is 6.07 Å². The highest BCUT2D eigenvalue weighted by molar-refractivity contribution is 9.10. The first kappa shape index (κ1) is 11.9. The van der Waals surface area contributed by atoms with Gasteiger partial charge in [-0.25, -0.2) is 0 Å². The summed E-state index contributed by atoms with van der Waals surface area (Å²) >= 11 is 3.47. The smallest absolute Gasteiger partial charge is 0.123 e. The van der Waals surface area contributed by atoms with Crippen LogP contribution in [0, 0.1) is 12.8 Å². The predicted molar refractivity (Wildman–Crippen MR) is 70.0 cm³/mol. The Morgan fingerprint density at radius 1 is 1.38 bits per heavy atom. The maximum Gasteiger partial charge on any atom is 0.123 e. The number of benzene rings is 1. The van der Waals surface area contributed by atoms with Gasteiger partial charge in [0.1, 0.15) is 5.75 Å². The van der Waals surface area contributed by atoms with Crippen LogP contribution in [-0.2, 0) is 0 Å². The molecular formula is C13H18BrNO. The van der Waals surface area contributed by atoms with Gasteiger partial charge in [-0.05, 0) is 56.5 Å². The van der Waals surface area contributed by atoms with Gasteiger partial charge in [-0.15, -0.1) is 0 Å². The molecule has 0 saturated carbocycles. The Hall–Kier alpha value is -0.540. The van der Waals surface area contributed by atoms with Crippen molar-refractivity contribution in [2.75, 3.05) is 19.7 Å². The molecule has 88 valence electrons. The highest BCUT2D eigenvalue weighted by Gasteiger charge is 2.13.